The Hall–Kier alpha value is -2.19. The summed E-state index contributed by atoms with van der Waals surface area (Å²) in [7, 11) is 5.53. The van der Waals surface area contributed by atoms with Crippen LogP contribution >= 0.6 is 0 Å². The second kappa shape index (κ2) is 36.8. The lowest BCUT2D eigenvalue weighted by Gasteiger charge is -2.31. The SMILES string of the molecule is CCCCC/C=C/C/C=C/CCCCCCCCCC(=O)OCC(COCCC(C(=O)O)[N+](C)(C)C)OC(=O)CCCCCCCCCCCCCC. The van der Waals surface area contributed by atoms with Crippen LogP contribution < -0.4 is 0 Å². The van der Waals surface area contributed by atoms with E-state index in [9.17, 15) is 19.5 Å². The molecule has 8 heteroatoms. The van der Waals surface area contributed by atoms with Crippen LogP contribution in [0.1, 0.15) is 194 Å². The normalized spacial score (nSPS) is 13.2. The summed E-state index contributed by atoms with van der Waals surface area (Å²) in [6.07, 6.45) is 39.2. The number of carboxylic acid groups (broad SMARTS) is 1. The number of quaternary nitrogens is 1. The average molecular weight is 751 g/mol. The molecule has 0 fully saturated rings. The molecule has 2 atom stereocenters. The Balaban J connectivity index is 4.32. The zero-order valence-electron chi connectivity index (χ0n) is 35.2. The number of allylic oxidation sites excluding steroid dienone is 4. The van der Waals surface area contributed by atoms with Gasteiger partial charge in [-0.3, -0.25) is 9.59 Å². The molecular weight excluding hydrogens is 666 g/mol. The van der Waals surface area contributed by atoms with E-state index >= 15 is 0 Å². The smallest absolute Gasteiger partial charge is 0.362 e. The van der Waals surface area contributed by atoms with E-state index in [1.54, 1.807) is 0 Å². The Labute approximate surface area is 326 Å². The quantitative estimate of drug-likeness (QED) is 0.0289. The molecule has 0 heterocycles. The zero-order chi connectivity index (χ0) is 39.3. The predicted molar refractivity (Wildman–Crippen MR) is 220 cm³/mol. The van der Waals surface area contributed by atoms with Gasteiger partial charge in [-0.25, -0.2) is 4.79 Å². The fourth-order valence-corrected chi connectivity index (χ4v) is 6.42. The molecule has 2 unspecified atom stereocenters. The van der Waals surface area contributed by atoms with E-state index in [0.717, 1.165) is 51.4 Å². The van der Waals surface area contributed by atoms with Crippen LogP contribution in [0.5, 0.6) is 0 Å². The van der Waals surface area contributed by atoms with Crippen LogP contribution in [-0.2, 0) is 28.6 Å². The summed E-state index contributed by atoms with van der Waals surface area (Å²) in [5.41, 5.74) is 0. The topological polar surface area (TPSA) is 99.1 Å². The first kappa shape index (κ1) is 50.8. The van der Waals surface area contributed by atoms with Crippen LogP contribution in [0.4, 0.5) is 0 Å². The maximum absolute atomic E-state index is 12.7. The Morgan fingerprint density at radius 1 is 0.566 bits per heavy atom. The molecule has 0 amide bonds. The van der Waals surface area contributed by atoms with Crippen molar-refractivity contribution in [3.63, 3.8) is 0 Å². The number of carbonyl (C=O) groups excluding carboxylic acids is 2. The second-order valence-corrected chi connectivity index (χ2v) is 16.0. The van der Waals surface area contributed by atoms with Gasteiger partial charge in [0.25, 0.3) is 0 Å². The predicted octanol–water partition coefficient (Wildman–Crippen LogP) is 11.7. The highest BCUT2D eigenvalue weighted by Gasteiger charge is 2.31. The number of esters is 2. The van der Waals surface area contributed by atoms with E-state index in [1.807, 2.05) is 21.1 Å². The highest BCUT2D eigenvalue weighted by atomic mass is 16.6. The third-order valence-corrected chi connectivity index (χ3v) is 9.85. The second-order valence-electron chi connectivity index (χ2n) is 16.0. The molecule has 0 rings (SSSR count). The number of carboxylic acids is 1. The van der Waals surface area contributed by atoms with E-state index < -0.39 is 18.1 Å². The van der Waals surface area contributed by atoms with Gasteiger partial charge in [0.05, 0.1) is 34.4 Å². The Morgan fingerprint density at radius 3 is 1.49 bits per heavy atom. The van der Waals surface area contributed by atoms with Gasteiger partial charge in [-0.15, -0.1) is 0 Å². The van der Waals surface area contributed by atoms with Gasteiger partial charge in [0, 0.05) is 19.3 Å². The summed E-state index contributed by atoms with van der Waals surface area (Å²) in [4.78, 5) is 36.9. The van der Waals surface area contributed by atoms with Gasteiger partial charge in [0.15, 0.2) is 12.1 Å². The van der Waals surface area contributed by atoms with Gasteiger partial charge >= 0.3 is 17.9 Å². The standard InChI is InChI=1S/C45H83NO7/c1-6-8-10-12-14-16-18-20-21-22-23-24-26-27-29-31-33-35-43(47)52-40-41(39-51-38-37-42(45(49)50)46(3,4)5)53-44(48)36-34-32-30-28-25-19-17-15-13-11-9-7-2/h14,16,20-21,41-42H,6-13,15,17-19,22-40H2,1-5H3/p+1/b16-14+,21-20+. The molecule has 0 aliphatic rings. The van der Waals surface area contributed by atoms with Gasteiger partial charge in [-0.05, 0) is 44.9 Å². The number of unbranched alkanes of at least 4 members (excludes halogenated alkanes) is 21. The number of aliphatic carboxylic acids is 1. The lowest BCUT2D eigenvalue weighted by Crippen LogP contribution is -2.50. The lowest BCUT2D eigenvalue weighted by atomic mass is 10.0. The van der Waals surface area contributed by atoms with E-state index in [1.165, 1.54) is 109 Å². The molecule has 0 radical (unpaired) electrons. The van der Waals surface area contributed by atoms with Crippen molar-refractivity contribution in [3.05, 3.63) is 24.3 Å². The molecular formula is C45H84NO7+. The van der Waals surface area contributed by atoms with E-state index in [-0.39, 0.29) is 36.2 Å². The summed E-state index contributed by atoms with van der Waals surface area (Å²) in [6.45, 7) is 4.71. The van der Waals surface area contributed by atoms with Crippen LogP contribution in [-0.4, -0.2) is 80.6 Å². The molecule has 0 aliphatic heterocycles. The first-order valence-corrected chi connectivity index (χ1v) is 21.9. The van der Waals surface area contributed by atoms with Crippen LogP contribution in [0.2, 0.25) is 0 Å². The fourth-order valence-electron chi connectivity index (χ4n) is 6.42. The van der Waals surface area contributed by atoms with Gasteiger partial charge < -0.3 is 23.8 Å². The fraction of sp³-hybridized carbons (Fsp3) is 0.844. The molecule has 0 aliphatic carbocycles. The number of carbonyl (C=O) groups is 3. The Bertz CT molecular complexity index is 926. The van der Waals surface area contributed by atoms with Crippen LogP contribution in [0.25, 0.3) is 0 Å². The Kier molecular flexibility index (Phi) is 35.2. The maximum atomic E-state index is 12.7. The maximum Gasteiger partial charge on any atom is 0.362 e. The molecule has 0 bridgehead atoms. The molecule has 53 heavy (non-hydrogen) atoms. The molecule has 0 spiro atoms. The molecule has 0 saturated carbocycles. The summed E-state index contributed by atoms with van der Waals surface area (Å²) >= 11 is 0. The molecule has 0 aromatic heterocycles. The van der Waals surface area contributed by atoms with Crippen LogP contribution in [0, 0.1) is 0 Å². The van der Waals surface area contributed by atoms with E-state index in [2.05, 4.69) is 38.2 Å². The van der Waals surface area contributed by atoms with Crippen molar-refractivity contribution in [2.75, 3.05) is 41.0 Å². The van der Waals surface area contributed by atoms with Crippen molar-refractivity contribution < 1.29 is 38.2 Å². The van der Waals surface area contributed by atoms with Crippen molar-refractivity contribution >= 4 is 17.9 Å². The Morgan fingerprint density at radius 2 is 1.00 bits per heavy atom. The highest BCUT2D eigenvalue weighted by Crippen LogP contribution is 2.15. The summed E-state index contributed by atoms with van der Waals surface area (Å²) < 4.78 is 17.3. The largest absolute Gasteiger partial charge is 0.477 e. The number of rotatable bonds is 39. The van der Waals surface area contributed by atoms with E-state index in [4.69, 9.17) is 14.2 Å². The van der Waals surface area contributed by atoms with Crippen molar-refractivity contribution in [1.82, 2.24) is 0 Å². The number of nitrogens with zero attached hydrogens (tertiary/aromatic N) is 1. The number of likely N-dealkylation sites (N-methyl/N-ethyl adjacent to an activating group) is 1. The monoisotopic (exact) mass is 751 g/mol. The third kappa shape index (κ3) is 35.3. The number of ether oxygens (including phenoxy) is 3. The highest BCUT2D eigenvalue weighted by molar-refractivity contribution is 5.72. The molecule has 0 aromatic rings. The average Bonchev–Trinajstić information content (AvgIpc) is 3.11. The molecule has 0 saturated heterocycles. The van der Waals surface area contributed by atoms with Crippen molar-refractivity contribution in [2.45, 2.75) is 206 Å². The van der Waals surface area contributed by atoms with Crippen LogP contribution in [0.3, 0.4) is 0 Å². The number of hydrogen-bond donors (Lipinski definition) is 1. The first-order chi connectivity index (χ1) is 25.6. The minimum Gasteiger partial charge on any atom is -0.477 e. The first-order valence-electron chi connectivity index (χ1n) is 21.9. The minimum atomic E-state index is -0.875. The summed E-state index contributed by atoms with van der Waals surface area (Å²) in [5, 5.41) is 9.61. The molecule has 0 aromatic carbocycles. The zero-order valence-corrected chi connectivity index (χ0v) is 35.2. The third-order valence-electron chi connectivity index (χ3n) is 9.85. The molecule has 1 N–H and O–H groups in total. The number of hydrogen-bond acceptors (Lipinski definition) is 6. The minimum absolute atomic E-state index is 0.0512. The molecule has 310 valence electrons. The van der Waals surface area contributed by atoms with E-state index in [0.29, 0.717) is 19.3 Å². The lowest BCUT2D eigenvalue weighted by molar-refractivity contribution is -0.887. The van der Waals surface area contributed by atoms with Gasteiger partial charge in [0.1, 0.15) is 6.61 Å². The summed E-state index contributed by atoms with van der Waals surface area (Å²) in [6, 6.07) is -0.612. The van der Waals surface area contributed by atoms with Gasteiger partial charge in [-0.2, -0.15) is 0 Å². The van der Waals surface area contributed by atoms with Crippen LogP contribution in [0.15, 0.2) is 24.3 Å². The van der Waals surface area contributed by atoms with Crippen molar-refractivity contribution in [2.24, 2.45) is 0 Å². The van der Waals surface area contributed by atoms with Crippen molar-refractivity contribution in [1.29, 1.82) is 0 Å². The van der Waals surface area contributed by atoms with Gasteiger partial charge in [-0.1, -0.05) is 154 Å². The van der Waals surface area contributed by atoms with Gasteiger partial charge in [0.2, 0.25) is 0 Å². The summed E-state index contributed by atoms with van der Waals surface area (Å²) in [5.74, 6) is -1.47. The molecule has 8 nitrogen and oxygen atoms in total. The van der Waals surface area contributed by atoms with Crippen molar-refractivity contribution in [3.8, 4) is 0 Å².